The second-order valence-electron chi connectivity index (χ2n) is 6.15. The van der Waals surface area contributed by atoms with E-state index < -0.39 is 0 Å². The van der Waals surface area contributed by atoms with E-state index in [1.807, 2.05) is 0 Å². The van der Waals surface area contributed by atoms with Gasteiger partial charge in [0, 0.05) is 30.2 Å². The lowest BCUT2D eigenvalue weighted by Gasteiger charge is -2.32. The molecule has 0 saturated carbocycles. The van der Waals surface area contributed by atoms with Crippen LogP contribution < -0.4 is 10.3 Å². The molecule has 2 aromatic rings. The van der Waals surface area contributed by atoms with E-state index in [1.54, 1.807) is 37.3 Å². The summed E-state index contributed by atoms with van der Waals surface area (Å²) in [5, 5.41) is 0. The van der Waals surface area contributed by atoms with Crippen molar-refractivity contribution in [3.63, 3.8) is 0 Å². The minimum Gasteiger partial charge on any atom is -0.471 e. The van der Waals surface area contributed by atoms with Gasteiger partial charge in [-0.15, -0.1) is 0 Å². The normalized spacial score (nSPS) is 17.4. The van der Waals surface area contributed by atoms with Crippen LogP contribution in [0.25, 0.3) is 0 Å². The molecule has 25 heavy (non-hydrogen) atoms. The van der Waals surface area contributed by atoms with Crippen LogP contribution in [0, 0.1) is 13.8 Å². The number of aryl methyl sites for hydroxylation is 1. The Morgan fingerprint density at radius 1 is 1.32 bits per heavy atom. The first-order chi connectivity index (χ1) is 12.0. The average Bonchev–Trinajstić information content (AvgIpc) is 2.63. The highest BCUT2D eigenvalue weighted by Gasteiger charge is 2.25. The van der Waals surface area contributed by atoms with E-state index in [4.69, 9.17) is 4.74 Å². The molecule has 1 fully saturated rings. The minimum atomic E-state index is -0.176. The first kappa shape index (κ1) is 17.1. The maximum atomic E-state index is 12.6. The van der Waals surface area contributed by atoms with Crippen LogP contribution in [0.15, 0.2) is 29.7 Å². The second kappa shape index (κ2) is 7.42. The van der Waals surface area contributed by atoms with Crippen molar-refractivity contribution in [1.82, 2.24) is 24.4 Å². The van der Waals surface area contributed by atoms with E-state index in [-0.39, 0.29) is 24.1 Å². The van der Waals surface area contributed by atoms with Crippen LogP contribution in [0.5, 0.6) is 5.88 Å². The molecule has 8 heteroatoms. The Labute approximate surface area is 145 Å². The van der Waals surface area contributed by atoms with Crippen molar-refractivity contribution < 1.29 is 9.53 Å². The number of carbonyl (C=O) groups excluding carboxylic acids is 1. The summed E-state index contributed by atoms with van der Waals surface area (Å²) in [6, 6.07) is 0. The maximum Gasteiger partial charge on any atom is 0.256 e. The van der Waals surface area contributed by atoms with Gasteiger partial charge in [-0.25, -0.2) is 9.97 Å². The van der Waals surface area contributed by atoms with E-state index in [1.165, 1.54) is 10.9 Å². The van der Waals surface area contributed by atoms with Gasteiger partial charge in [-0.1, -0.05) is 0 Å². The quantitative estimate of drug-likeness (QED) is 0.812. The number of ether oxygens (including phenoxy) is 1. The molecule has 0 spiro atoms. The molecule has 1 atom stereocenters. The third-order valence-electron chi connectivity index (χ3n) is 4.38. The molecule has 1 saturated heterocycles. The molecule has 3 heterocycles. The van der Waals surface area contributed by atoms with Crippen LogP contribution >= 0.6 is 0 Å². The number of likely N-dealkylation sites (tertiary alicyclic amines) is 1. The van der Waals surface area contributed by atoms with Gasteiger partial charge < -0.3 is 9.64 Å². The SMILES string of the molecule is Cc1ncn(CC(=O)N2CCC[C@H](Oc3cnccn3)C2)c(=O)c1C. The number of rotatable bonds is 4. The fourth-order valence-electron chi connectivity index (χ4n) is 2.81. The topological polar surface area (TPSA) is 90.2 Å². The van der Waals surface area contributed by atoms with Crippen LogP contribution in [0.4, 0.5) is 0 Å². The lowest BCUT2D eigenvalue weighted by Crippen LogP contribution is -2.46. The monoisotopic (exact) mass is 343 g/mol. The Bertz CT molecular complexity index is 806. The van der Waals surface area contributed by atoms with E-state index in [0.29, 0.717) is 30.2 Å². The van der Waals surface area contributed by atoms with Crippen LogP contribution in [0.1, 0.15) is 24.1 Å². The number of amides is 1. The van der Waals surface area contributed by atoms with Crippen molar-refractivity contribution in [1.29, 1.82) is 0 Å². The number of aromatic nitrogens is 4. The molecule has 1 amide bonds. The summed E-state index contributed by atoms with van der Waals surface area (Å²) in [6.45, 7) is 4.62. The molecule has 1 aliphatic heterocycles. The predicted octanol–water partition coefficient (Wildman–Crippen LogP) is 0.720. The van der Waals surface area contributed by atoms with E-state index in [9.17, 15) is 9.59 Å². The van der Waals surface area contributed by atoms with Crippen molar-refractivity contribution in [3.8, 4) is 5.88 Å². The standard InChI is InChI=1S/C17H21N5O3/c1-12-13(2)20-11-22(17(12)24)10-16(23)21-7-3-4-14(9-21)25-15-8-18-5-6-19-15/h5-6,8,11,14H,3-4,7,9-10H2,1-2H3/t14-/m0/s1. The fraction of sp³-hybridized carbons (Fsp3) is 0.471. The summed E-state index contributed by atoms with van der Waals surface area (Å²) in [6.07, 6.45) is 7.71. The van der Waals surface area contributed by atoms with Crippen molar-refractivity contribution >= 4 is 5.91 Å². The summed E-state index contributed by atoms with van der Waals surface area (Å²) in [5.74, 6) is 0.343. The Kier molecular flexibility index (Phi) is 5.06. The van der Waals surface area contributed by atoms with Gasteiger partial charge in [0.15, 0.2) is 0 Å². The number of carbonyl (C=O) groups is 1. The lowest BCUT2D eigenvalue weighted by atomic mass is 10.1. The third-order valence-corrected chi connectivity index (χ3v) is 4.38. The highest BCUT2D eigenvalue weighted by molar-refractivity contribution is 5.76. The molecule has 132 valence electrons. The first-order valence-corrected chi connectivity index (χ1v) is 8.27. The summed E-state index contributed by atoms with van der Waals surface area (Å²) in [5.41, 5.74) is 1.08. The van der Waals surface area contributed by atoms with Crippen LogP contribution in [0.2, 0.25) is 0 Å². The Hall–Kier alpha value is -2.77. The summed E-state index contributed by atoms with van der Waals surface area (Å²) in [4.78, 5) is 38.8. The van der Waals surface area contributed by atoms with Crippen molar-refractivity contribution in [2.45, 2.75) is 39.3 Å². The Balaban J connectivity index is 1.64. The van der Waals surface area contributed by atoms with Gasteiger partial charge in [-0.3, -0.25) is 19.1 Å². The van der Waals surface area contributed by atoms with Gasteiger partial charge in [0.1, 0.15) is 12.6 Å². The molecule has 0 N–H and O–H groups in total. The van der Waals surface area contributed by atoms with Crippen molar-refractivity contribution in [2.75, 3.05) is 13.1 Å². The molecule has 0 aromatic carbocycles. The Morgan fingerprint density at radius 3 is 2.92 bits per heavy atom. The predicted molar refractivity (Wildman–Crippen MR) is 90.2 cm³/mol. The summed E-state index contributed by atoms with van der Waals surface area (Å²) < 4.78 is 7.16. The summed E-state index contributed by atoms with van der Waals surface area (Å²) in [7, 11) is 0. The molecule has 2 aromatic heterocycles. The van der Waals surface area contributed by atoms with E-state index in [2.05, 4.69) is 15.0 Å². The van der Waals surface area contributed by atoms with Crippen molar-refractivity contribution in [3.05, 3.63) is 46.5 Å². The second-order valence-corrected chi connectivity index (χ2v) is 6.15. The van der Waals surface area contributed by atoms with Crippen LogP contribution in [-0.2, 0) is 11.3 Å². The molecule has 0 bridgehead atoms. The smallest absolute Gasteiger partial charge is 0.256 e. The fourth-order valence-corrected chi connectivity index (χ4v) is 2.81. The van der Waals surface area contributed by atoms with Gasteiger partial charge in [0.2, 0.25) is 11.8 Å². The van der Waals surface area contributed by atoms with Crippen molar-refractivity contribution in [2.24, 2.45) is 0 Å². The molecule has 0 aliphatic carbocycles. The van der Waals surface area contributed by atoms with Gasteiger partial charge in [-0.05, 0) is 26.7 Å². The maximum absolute atomic E-state index is 12.6. The lowest BCUT2D eigenvalue weighted by molar-refractivity contribution is -0.134. The van der Waals surface area contributed by atoms with E-state index >= 15 is 0 Å². The average molecular weight is 343 g/mol. The largest absolute Gasteiger partial charge is 0.471 e. The zero-order valence-corrected chi connectivity index (χ0v) is 14.4. The number of piperidine rings is 1. The van der Waals surface area contributed by atoms with Gasteiger partial charge in [0.05, 0.1) is 19.1 Å². The Morgan fingerprint density at radius 2 is 2.16 bits per heavy atom. The molecular weight excluding hydrogens is 322 g/mol. The molecule has 0 unspecified atom stereocenters. The highest BCUT2D eigenvalue weighted by atomic mass is 16.5. The molecule has 3 rings (SSSR count). The zero-order chi connectivity index (χ0) is 17.8. The van der Waals surface area contributed by atoms with Crippen LogP contribution in [-0.4, -0.2) is 49.5 Å². The first-order valence-electron chi connectivity index (χ1n) is 8.27. The minimum absolute atomic E-state index is 0.00911. The number of hydrogen-bond acceptors (Lipinski definition) is 6. The molecular formula is C17H21N5O3. The molecule has 1 aliphatic rings. The summed E-state index contributed by atoms with van der Waals surface area (Å²) >= 11 is 0. The van der Waals surface area contributed by atoms with Gasteiger partial charge in [0.25, 0.3) is 5.56 Å². The van der Waals surface area contributed by atoms with Gasteiger partial charge in [-0.2, -0.15) is 0 Å². The zero-order valence-electron chi connectivity index (χ0n) is 14.4. The third kappa shape index (κ3) is 4.01. The highest BCUT2D eigenvalue weighted by Crippen LogP contribution is 2.16. The molecule has 0 radical (unpaired) electrons. The van der Waals surface area contributed by atoms with Gasteiger partial charge >= 0.3 is 0 Å². The van der Waals surface area contributed by atoms with E-state index in [0.717, 1.165) is 12.8 Å². The number of hydrogen-bond donors (Lipinski definition) is 0. The number of nitrogens with zero attached hydrogens (tertiary/aromatic N) is 5. The van der Waals surface area contributed by atoms with Crippen LogP contribution in [0.3, 0.4) is 0 Å². The molecule has 8 nitrogen and oxygen atoms in total.